The molecule has 1 aliphatic carbocycles. The molecule has 2 atom stereocenters. The molecule has 3 rings (SSSR count). The van der Waals surface area contributed by atoms with Crippen LogP contribution in [0, 0.1) is 5.92 Å². The van der Waals surface area contributed by atoms with Crippen LogP contribution in [0.15, 0.2) is 12.5 Å². The third-order valence-corrected chi connectivity index (χ3v) is 5.41. The first-order valence-corrected chi connectivity index (χ1v) is 9.19. The van der Waals surface area contributed by atoms with Gasteiger partial charge in [0.05, 0.1) is 18.7 Å². The summed E-state index contributed by atoms with van der Waals surface area (Å²) < 4.78 is 1.89. The van der Waals surface area contributed by atoms with Crippen molar-refractivity contribution in [3.05, 3.63) is 18.2 Å². The second-order valence-corrected chi connectivity index (χ2v) is 7.07. The molecule has 1 N–H and O–H groups in total. The van der Waals surface area contributed by atoms with Gasteiger partial charge in [0.2, 0.25) is 11.8 Å². The molecule has 2 unspecified atom stereocenters. The number of hydrogen-bond donors (Lipinski definition) is 1. The van der Waals surface area contributed by atoms with Gasteiger partial charge in [0.1, 0.15) is 0 Å². The van der Waals surface area contributed by atoms with Crippen molar-refractivity contribution in [3.63, 3.8) is 0 Å². The molecule has 0 bridgehead atoms. The molecule has 2 heterocycles. The van der Waals surface area contributed by atoms with Gasteiger partial charge in [0, 0.05) is 38.1 Å². The number of carbonyl (C=O) groups is 2. The lowest BCUT2D eigenvalue weighted by Crippen LogP contribution is -2.48. The van der Waals surface area contributed by atoms with Gasteiger partial charge in [-0.1, -0.05) is 19.3 Å². The number of aryl methyl sites for hydroxylation is 1. The zero-order chi connectivity index (χ0) is 16.9. The fourth-order valence-electron chi connectivity index (χ4n) is 4.01. The minimum Gasteiger partial charge on any atom is -0.356 e. The van der Waals surface area contributed by atoms with Gasteiger partial charge in [-0.05, 0) is 25.7 Å². The Bertz CT molecular complexity index is 583. The number of aromatic nitrogens is 2. The average molecular weight is 332 g/mol. The normalized spacial score (nSPS) is 25.7. The van der Waals surface area contributed by atoms with Gasteiger partial charge in [-0.25, -0.2) is 4.98 Å². The molecule has 2 aliphatic rings. The van der Waals surface area contributed by atoms with E-state index in [2.05, 4.69) is 10.3 Å². The zero-order valence-corrected chi connectivity index (χ0v) is 14.5. The van der Waals surface area contributed by atoms with Crippen molar-refractivity contribution in [2.45, 2.75) is 57.4 Å². The van der Waals surface area contributed by atoms with Gasteiger partial charge in [0.15, 0.2) is 0 Å². The Morgan fingerprint density at radius 2 is 2.08 bits per heavy atom. The molecule has 0 radical (unpaired) electrons. The molecule has 1 aromatic heterocycles. The van der Waals surface area contributed by atoms with Crippen LogP contribution in [0.3, 0.4) is 0 Å². The number of amides is 2. The van der Waals surface area contributed by atoms with Crippen molar-refractivity contribution in [1.29, 1.82) is 0 Å². The first kappa shape index (κ1) is 17.0. The Balaban J connectivity index is 1.77. The van der Waals surface area contributed by atoms with Crippen molar-refractivity contribution in [1.82, 2.24) is 19.8 Å². The van der Waals surface area contributed by atoms with E-state index in [1.807, 2.05) is 16.5 Å². The van der Waals surface area contributed by atoms with Crippen LogP contribution in [0.1, 0.15) is 50.6 Å². The van der Waals surface area contributed by atoms with E-state index < -0.39 is 0 Å². The minimum atomic E-state index is -0.0430. The predicted octanol–water partition coefficient (Wildman–Crippen LogP) is 1.65. The second-order valence-electron chi connectivity index (χ2n) is 7.07. The van der Waals surface area contributed by atoms with Gasteiger partial charge in [-0.15, -0.1) is 0 Å². The molecule has 0 aromatic carbocycles. The molecule has 1 saturated carbocycles. The van der Waals surface area contributed by atoms with Crippen LogP contribution in [-0.2, 0) is 23.1 Å². The lowest BCUT2D eigenvalue weighted by atomic mass is 10.00. The van der Waals surface area contributed by atoms with Crippen LogP contribution in [0.5, 0.6) is 0 Å². The van der Waals surface area contributed by atoms with E-state index in [1.165, 1.54) is 0 Å². The van der Waals surface area contributed by atoms with Crippen molar-refractivity contribution < 1.29 is 9.59 Å². The van der Waals surface area contributed by atoms with Crippen LogP contribution in [0.25, 0.3) is 0 Å². The van der Waals surface area contributed by atoms with E-state index in [0.29, 0.717) is 6.42 Å². The molecule has 2 amide bonds. The predicted molar refractivity (Wildman–Crippen MR) is 91.2 cm³/mol. The number of nitrogens with one attached hydrogen (secondary N) is 1. The lowest BCUT2D eigenvalue weighted by Gasteiger charge is -2.32. The smallest absolute Gasteiger partial charge is 0.228 e. The SMILES string of the molecule is Cn1cncc1CC(=O)N1CCCCCCNC(=O)C2CCCC21. The highest BCUT2D eigenvalue weighted by Gasteiger charge is 2.38. The maximum absolute atomic E-state index is 13.0. The molecule has 1 aliphatic heterocycles. The van der Waals surface area contributed by atoms with Gasteiger partial charge in [-0.2, -0.15) is 0 Å². The van der Waals surface area contributed by atoms with Crippen molar-refractivity contribution in [2.24, 2.45) is 13.0 Å². The molecule has 6 heteroatoms. The highest BCUT2D eigenvalue weighted by molar-refractivity contribution is 5.82. The fourth-order valence-corrected chi connectivity index (χ4v) is 4.01. The molecule has 2 fully saturated rings. The Morgan fingerprint density at radius 3 is 2.88 bits per heavy atom. The van der Waals surface area contributed by atoms with Crippen molar-refractivity contribution >= 4 is 11.8 Å². The first-order chi connectivity index (χ1) is 11.7. The Morgan fingerprint density at radius 1 is 1.25 bits per heavy atom. The van der Waals surface area contributed by atoms with Crippen LogP contribution >= 0.6 is 0 Å². The summed E-state index contributed by atoms with van der Waals surface area (Å²) in [7, 11) is 1.91. The number of hydrogen-bond acceptors (Lipinski definition) is 3. The summed E-state index contributed by atoms with van der Waals surface area (Å²) in [4.78, 5) is 31.6. The van der Waals surface area contributed by atoms with E-state index in [4.69, 9.17) is 0 Å². The summed E-state index contributed by atoms with van der Waals surface area (Å²) in [5.74, 6) is 0.221. The Hall–Kier alpha value is -1.85. The summed E-state index contributed by atoms with van der Waals surface area (Å²) in [6, 6.07) is 0.0591. The van der Waals surface area contributed by atoms with E-state index in [0.717, 1.165) is 63.7 Å². The highest BCUT2D eigenvalue weighted by Crippen LogP contribution is 2.31. The monoisotopic (exact) mass is 332 g/mol. The molecule has 6 nitrogen and oxygen atoms in total. The number of nitrogens with zero attached hydrogens (tertiary/aromatic N) is 3. The van der Waals surface area contributed by atoms with Crippen LogP contribution < -0.4 is 5.32 Å². The van der Waals surface area contributed by atoms with Gasteiger partial charge in [0.25, 0.3) is 0 Å². The molecule has 132 valence electrons. The third-order valence-electron chi connectivity index (χ3n) is 5.41. The quantitative estimate of drug-likeness (QED) is 0.895. The molecule has 1 saturated heterocycles. The Labute approximate surface area is 143 Å². The van der Waals surface area contributed by atoms with Crippen molar-refractivity contribution in [3.8, 4) is 0 Å². The zero-order valence-electron chi connectivity index (χ0n) is 14.5. The van der Waals surface area contributed by atoms with Gasteiger partial charge < -0.3 is 14.8 Å². The number of rotatable bonds is 2. The largest absolute Gasteiger partial charge is 0.356 e. The van der Waals surface area contributed by atoms with Crippen LogP contribution in [-0.4, -0.2) is 45.4 Å². The maximum Gasteiger partial charge on any atom is 0.228 e. The summed E-state index contributed by atoms with van der Waals surface area (Å²) in [6.45, 7) is 1.54. The summed E-state index contributed by atoms with van der Waals surface area (Å²) in [5.41, 5.74) is 0.924. The molecular weight excluding hydrogens is 304 g/mol. The first-order valence-electron chi connectivity index (χ1n) is 9.19. The van der Waals surface area contributed by atoms with E-state index in [-0.39, 0.29) is 23.8 Å². The average Bonchev–Trinajstić information content (AvgIpc) is 3.18. The van der Waals surface area contributed by atoms with Crippen molar-refractivity contribution in [2.75, 3.05) is 13.1 Å². The highest BCUT2D eigenvalue weighted by atomic mass is 16.2. The topological polar surface area (TPSA) is 67.2 Å². The number of carbonyl (C=O) groups excluding carboxylic acids is 2. The molecule has 0 spiro atoms. The van der Waals surface area contributed by atoms with E-state index in [1.54, 1.807) is 12.5 Å². The fraction of sp³-hybridized carbons (Fsp3) is 0.722. The number of fused-ring (bicyclic) bond motifs is 1. The number of imidazole rings is 1. The summed E-state index contributed by atoms with van der Waals surface area (Å²) in [5, 5.41) is 3.07. The summed E-state index contributed by atoms with van der Waals surface area (Å²) >= 11 is 0. The maximum atomic E-state index is 13.0. The molecule has 1 aromatic rings. The van der Waals surface area contributed by atoms with Crippen LogP contribution in [0.4, 0.5) is 0 Å². The molecular formula is C18H28N4O2. The lowest BCUT2D eigenvalue weighted by molar-refractivity contribution is -0.136. The third kappa shape index (κ3) is 3.79. The van der Waals surface area contributed by atoms with Crippen LogP contribution in [0.2, 0.25) is 0 Å². The minimum absolute atomic E-state index is 0.0430. The second kappa shape index (κ2) is 7.81. The standard InChI is InChI=1S/C18H28N4O2/c1-21-13-19-12-14(21)11-17(23)22-10-5-3-2-4-9-20-18(24)15-7-6-8-16(15)22/h12-13,15-16H,2-11H2,1H3,(H,20,24). The Kier molecular flexibility index (Phi) is 5.53. The van der Waals surface area contributed by atoms with Gasteiger partial charge in [-0.3, -0.25) is 9.59 Å². The van der Waals surface area contributed by atoms with E-state index >= 15 is 0 Å². The molecule has 24 heavy (non-hydrogen) atoms. The van der Waals surface area contributed by atoms with Gasteiger partial charge >= 0.3 is 0 Å². The summed E-state index contributed by atoms with van der Waals surface area (Å²) in [6.07, 6.45) is 11.0. The van der Waals surface area contributed by atoms with E-state index in [9.17, 15) is 9.59 Å².